The molecular formula is C25H34N4O2. The first-order chi connectivity index (χ1) is 15.2. The Bertz CT molecular complexity index is 841. The molecule has 4 rings (SSSR count). The van der Waals surface area contributed by atoms with Crippen LogP contribution in [-0.2, 0) is 22.6 Å². The van der Waals surface area contributed by atoms with Gasteiger partial charge >= 0.3 is 0 Å². The quantitative estimate of drug-likeness (QED) is 0.742. The van der Waals surface area contributed by atoms with Gasteiger partial charge in [0.05, 0.1) is 19.8 Å². The lowest BCUT2D eigenvalue weighted by atomic mass is 10.1. The second-order valence-electron chi connectivity index (χ2n) is 8.53. The maximum absolute atomic E-state index is 12.4. The van der Waals surface area contributed by atoms with Crippen LogP contribution in [0.2, 0.25) is 0 Å². The average molecular weight is 423 g/mol. The van der Waals surface area contributed by atoms with E-state index in [1.54, 1.807) is 0 Å². The van der Waals surface area contributed by atoms with Crippen LogP contribution in [0.1, 0.15) is 16.7 Å². The Morgan fingerprint density at radius 1 is 0.871 bits per heavy atom. The lowest BCUT2D eigenvalue weighted by molar-refractivity contribution is -0.122. The number of hydrogen-bond donors (Lipinski definition) is 1. The molecule has 31 heavy (non-hydrogen) atoms. The third-order valence-corrected chi connectivity index (χ3v) is 6.22. The van der Waals surface area contributed by atoms with E-state index in [0.29, 0.717) is 13.1 Å². The van der Waals surface area contributed by atoms with Crippen molar-refractivity contribution >= 4 is 11.6 Å². The molecule has 0 saturated carbocycles. The number of carbonyl (C=O) groups excluding carboxylic acids is 1. The molecule has 6 heteroatoms. The molecule has 166 valence electrons. The normalized spacial score (nSPS) is 18.2. The highest BCUT2D eigenvalue weighted by Crippen LogP contribution is 2.20. The van der Waals surface area contributed by atoms with Crippen molar-refractivity contribution < 1.29 is 9.53 Å². The van der Waals surface area contributed by atoms with Gasteiger partial charge in [0.2, 0.25) is 5.91 Å². The van der Waals surface area contributed by atoms with Crippen molar-refractivity contribution in [2.75, 3.05) is 63.9 Å². The fourth-order valence-electron chi connectivity index (χ4n) is 4.30. The minimum absolute atomic E-state index is 0.0988. The summed E-state index contributed by atoms with van der Waals surface area (Å²) in [5, 5.41) is 3.08. The molecule has 2 saturated heterocycles. The third kappa shape index (κ3) is 6.29. The van der Waals surface area contributed by atoms with E-state index in [1.807, 2.05) is 0 Å². The molecule has 0 unspecified atom stereocenters. The Balaban J connectivity index is 1.17. The topological polar surface area (TPSA) is 48.0 Å². The number of morpholine rings is 1. The van der Waals surface area contributed by atoms with Gasteiger partial charge in [0, 0.05) is 58.0 Å². The van der Waals surface area contributed by atoms with Gasteiger partial charge in [-0.05, 0) is 29.7 Å². The van der Waals surface area contributed by atoms with Gasteiger partial charge in [0.25, 0.3) is 0 Å². The third-order valence-electron chi connectivity index (χ3n) is 6.22. The van der Waals surface area contributed by atoms with Crippen LogP contribution in [-0.4, -0.2) is 74.7 Å². The van der Waals surface area contributed by atoms with E-state index in [0.717, 1.165) is 64.6 Å². The van der Waals surface area contributed by atoms with Gasteiger partial charge in [-0.2, -0.15) is 0 Å². The number of nitrogens with one attached hydrogen (secondary N) is 1. The number of amides is 1. The van der Waals surface area contributed by atoms with Crippen LogP contribution in [0, 0.1) is 6.92 Å². The van der Waals surface area contributed by atoms with Crippen LogP contribution < -0.4 is 10.2 Å². The zero-order valence-electron chi connectivity index (χ0n) is 18.6. The first-order valence-electron chi connectivity index (χ1n) is 11.3. The van der Waals surface area contributed by atoms with Crippen molar-refractivity contribution in [2.24, 2.45) is 0 Å². The molecule has 2 aliphatic rings. The summed E-state index contributed by atoms with van der Waals surface area (Å²) in [6.45, 7) is 11.6. The van der Waals surface area contributed by atoms with Crippen LogP contribution in [0.5, 0.6) is 0 Å². The van der Waals surface area contributed by atoms with Crippen LogP contribution in [0.4, 0.5) is 5.69 Å². The zero-order valence-corrected chi connectivity index (χ0v) is 18.6. The summed E-state index contributed by atoms with van der Waals surface area (Å²) in [5.41, 5.74) is 5.07. The molecule has 0 aromatic heterocycles. The maximum atomic E-state index is 12.4. The Labute approximate surface area is 185 Å². The van der Waals surface area contributed by atoms with Crippen LogP contribution >= 0.6 is 0 Å². The van der Waals surface area contributed by atoms with E-state index in [-0.39, 0.29) is 5.91 Å². The van der Waals surface area contributed by atoms with E-state index in [2.05, 4.69) is 75.5 Å². The summed E-state index contributed by atoms with van der Waals surface area (Å²) >= 11 is 0. The molecule has 0 aliphatic carbocycles. The first-order valence-corrected chi connectivity index (χ1v) is 11.3. The number of aryl methyl sites for hydroxylation is 1. The Morgan fingerprint density at radius 3 is 2.26 bits per heavy atom. The highest BCUT2D eigenvalue weighted by Gasteiger charge is 2.20. The van der Waals surface area contributed by atoms with Gasteiger partial charge in [-0.3, -0.25) is 14.6 Å². The van der Waals surface area contributed by atoms with Gasteiger partial charge in [-0.25, -0.2) is 0 Å². The second-order valence-corrected chi connectivity index (χ2v) is 8.53. The number of benzene rings is 2. The number of hydrogen-bond acceptors (Lipinski definition) is 5. The van der Waals surface area contributed by atoms with E-state index >= 15 is 0 Å². The monoisotopic (exact) mass is 422 g/mol. The molecule has 0 bridgehead atoms. The molecule has 2 aliphatic heterocycles. The summed E-state index contributed by atoms with van der Waals surface area (Å²) in [6, 6.07) is 17.1. The number of rotatable bonds is 7. The van der Waals surface area contributed by atoms with Gasteiger partial charge in [-0.15, -0.1) is 0 Å². The Morgan fingerprint density at radius 2 is 1.55 bits per heavy atom. The molecule has 0 atom stereocenters. The Hall–Kier alpha value is -2.41. The molecule has 0 radical (unpaired) electrons. The standard InChI is InChI=1S/C25H34N4O2/c1-21-4-2-3-5-24(21)29-12-10-27(11-13-29)20-25(30)26-18-22-6-8-23(9-7-22)19-28-14-16-31-17-15-28/h2-9H,10-20H2,1H3,(H,26,30). The smallest absolute Gasteiger partial charge is 0.234 e. The molecule has 2 heterocycles. The fraction of sp³-hybridized carbons (Fsp3) is 0.480. The van der Waals surface area contributed by atoms with Gasteiger partial charge in [0.15, 0.2) is 0 Å². The van der Waals surface area contributed by atoms with Gasteiger partial charge in [0.1, 0.15) is 0 Å². The van der Waals surface area contributed by atoms with Crippen molar-refractivity contribution in [3.05, 3.63) is 65.2 Å². The number of ether oxygens (including phenoxy) is 1. The van der Waals surface area contributed by atoms with Crippen molar-refractivity contribution in [1.82, 2.24) is 15.1 Å². The Kier molecular flexibility index (Phi) is 7.57. The second kappa shape index (κ2) is 10.8. The lowest BCUT2D eigenvalue weighted by Crippen LogP contribution is -2.49. The van der Waals surface area contributed by atoms with E-state index in [4.69, 9.17) is 4.74 Å². The summed E-state index contributed by atoms with van der Waals surface area (Å²) in [5.74, 6) is 0.0988. The molecular weight excluding hydrogens is 388 g/mol. The molecule has 2 aromatic rings. The van der Waals surface area contributed by atoms with E-state index in [1.165, 1.54) is 16.8 Å². The zero-order chi connectivity index (χ0) is 21.5. The van der Waals surface area contributed by atoms with E-state index < -0.39 is 0 Å². The van der Waals surface area contributed by atoms with Crippen molar-refractivity contribution in [1.29, 1.82) is 0 Å². The largest absolute Gasteiger partial charge is 0.379 e. The highest BCUT2D eigenvalue weighted by atomic mass is 16.5. The predicted molar refractivity (Wildman–Crippen MR) is 124 cm³/mol. The van der Waals surface area contributed by atoms with Crippen molar-refractivity contribution in [3.63, 3.8) is 0 Å². The first kappa shape index (κ1) is 21.8. The number of para-hydroxylation sites is 1. The van der Waals surface area contributed by atoms with Gasteiger partial charge < -0.3 is 15.0 Å². The number of anilines is 1. The van der Waals surface area contributed by atoms with E-state index in [9.17, 15) is 4.79 Å². The van der Waals surface area contributed by atoms with Crippen LogP contribution in [0.15, 0.2) is 48.5 Å². The SMILES string of the molecule is Cc1ccccc1N1CCN(CC(=O)NCc2ccc(CN3CCOCC3)cc2)CC1. The number of nitrogens with zero attached hydrogens (tertiary/aromatic N) is 3. The summed E-state index contributed by atoms with van der Waals surface area (Å²) in [4.78, 5) is 19.5. The molecule has 1 amide bonds. The minimum Gasteiger partial charge on any atom is -0.379 e. The van der Waals surface area contributed by atoms with Crippen LogP contribution in [0.25, 0.3) is 0 Å². The molecule has 2 fully saturated rings. The highest BCUT2D eigenvalue weighted by molar-refractivity contribution is 5.78. The van der Waals surface area contributed by atoms with Crippen LogP contribution in [0.3, 0.4) is 0 Å². The lowest BCUT2D eigenvalue weighted by Gasteiger charge is -2.36. The summed E-state index contributed by atoms with van der Waals surface area (Å²) < 4.78 is 5.41. The van der Waals surface area contributed by atoms with Crippen molar-refractivity contribution in [3.8, 4) is 0 Å². The average Bonchev–Trinajstić information content (AvgIpc) is 2.80. The minimum atomic E-state index is 0.0988. The molecule has 0 spiro atoms. The molecule has 6 nitrogen and oxygen atoms in total. The number of carbonyl (C=O) groups is 1. The van der Waals surface area contributed by atoms with Gasteiger partial charge in [-0.1, -0.05) is 42.5 Å². The summed E-state index contributed by atoms with van der Waals surface area (Å²) in [7, 11) is 0. The van der Waals surface area contributed by atoms with Crippen molar-refractivity contribution in [2.45, 2.75) is 20.0 Å². The predicted octanol–water partition coefficient (Wildman–Crippen LogP) is 2.27. The maximum Gasteiger partial charge on any atom is 0.234 e. The molecule has 2 aromatic carbocycles. The summed E-state index contributed by atoms with van der Waals surface area (Å²) in [6.07, 6.45) is 0. The molecule has 1 N–H and O–H groups in total. The number of piperazine rings is 1. The fourth-order valence-corrected chi connectivity index (χ4v) is 4.30.